The number of rotatable bonds is 1. The van der Waals surface area contributed by atoms with Gasteiger partial charge < -0.3 is 0 Å². The molecule has 0 nitrogen and oxygen atoms in total. The highest BCUT2D eigenvalue weighted by Gasteiger charge is 2.08. The second-order valence-corrected chi connectivity index (χ2v) is 3.66. The van der Waals surface area contributed by atoms with Crippen molar-refractivity contribution in [2.24, 2.45) is 0 Å². The predicted molar refractivity (Wildman–Crippen MR) is 56.8 cm³/mol. The molecule has 0 amide bonds. The Kier molecular flexibility index (Phi) is 2.88. The van der Waals surface area contributed by atoms with E-state index in [4.69, 9.17) is 11.6 Å². The maximum atomic E-state index is 13.4. The van der Waals surface area contributed by atoms with Crippen LogP contribution in [0.2, 0.25) is 5.02 Å². The summed E-state index contributed by atoms with van der Waals surface area (Å²) in [5, 5.41) is -0.124. The van der Waals surface area contributed by atoms with Gasteiger partial charge >= 0.3 is 0 Å². The molecule has 0 aromatic heterocycles. The van der Waals surface area contributed by atoms with Crippen molar-refractivity contribution in [2.45, 2.75) is 0 Å². The van der Waals surface area contributed by atoms with Crippen LogP contribution in [-0.4, -0.2) is 0 Å². The average Bonchev–Trinajstić information content (AvgIpc) is 2.26. The smallest absolute Gasteiger partial charge is 0.141 e. The van der Waals surface area contributed by atoms with Gasteiger partial charge in [0.1, 0.15) is 17.5 Å². The quantitative estimate of drug-likeness (QED) is 0.694. The second-order valence-electron chi connectivity index (χ2n) is 3.25. The van der Waals surface area contributed by atoms with Crippen molar-refractivity contribution in [1.82, 2.24) is 0 Å². The highest BCUT2D eigenvalue weighted by molar-refractivity contribution is 6.31. The molecule has 82 valence electrons. The third-order valence-corrected chi connectivity index (χ3v) is 2.45. The molecule has 0 aliphatic rings. The van der Waals surface area contributed by atoms with E-state index < -0.39 is 17.5 Å². The van der Waals surface area contributed by atoms with Crippen molar-refractivity contribution >= 4 is 11.6 Å². The molecule has 16 heavy (non-hydrogen) atoms. The standard InChI is InChI=1S/C12H6ClF3/c13-10-5-7(1-3-12(10)16)9-6-8(14)2-4-11(9)15/h1-6H. The number of halogens is 4. The third kappa shape index (κ3) is 2.04. The lowest BCUT2D eigenvalue weighted by atomic mass is 10.1. The topological polar surface area (TPSA) is 0 Å². The minimum atomic E-state index is -0.595. The normalized spacial score (nSPS) is 10.5. The molecule has 2 aromatic carbocycles. The summed E-state index contributed by atoms with van der Waals surface area (Å²) in [5.41, 5.74) is 0.394. The number of hydrogen-bond donors (Lipinski definition) is 0. The molecule has 0 N–H and O–H groups in total. The summed E-state index contributed by atoms with van der Waals surface area (Å²) in [7, 11) is 0. The summed E-state index contributed by atoms with van der Waals surface area (Å²) in [4.78, 5) is 0. The molecule has 0 unspecified atom stereocenters. The SMILES string of the molecule is Fc1ccc(F)c(-c2ccc(F)c(Cl)c2)c1. The van der Waals surface area contributed by atoms with Crippen molar-refractivity contribution in [1.29, 1.82) is 0 Å². The molecule has 0 spiro atoms. The average molecular weight is 243 g/mol. The minimum Gasteiger partial charge on any atom is -0.207 e. The van der Waals surface area contributed by atoms with E-state index in [1.807, 2.05) is 0 Å². The lowest BCUT2D eigenvalue weighted by Crippen LogP contribution is -1.87. The van der Waals surface area contributed by atoms with Crippen LogP contribution in [0.25, 0.3) is 11.1 Å². The van der Waals surface area contributed by atoms with Crippen LogP contribution in [0.15, 0.2) is 36.4 Å². The lowest BCUT2D eigenvalue weighted by Gasteiger charge is -2.04. The molecule has 2 rings (SSSR count). The Hall–Kier alpha value is -1.48. The molecule has 0 saturated heterocycles. The summed E-state index contributed by atoms with van der Waals surface area (Å²) in [5.74, 6) is -1.73. The van der Waals surface area contributed by atoms with Crippen LogP contribution in [0.5, 0.6) is 0 Å². The van der Waals surface area contributed by atoms with Crippen molar-refractivity contribution < 1.29 is 13.2 Å². The zero-order chi connectivity index (χ0) is 11.7. The summed E-state index contributed by atoms with van der Waals surface area (Å²) in [6, 6.07) is 6.79. The van der Waals surface area contributed by atoms with Crippen LogP contribution in [0.4, 0.5) is 13.2 Å². The molecule has 0 fully saturated rings. The zero-order valence-corrected chi connectivity index (χ0v) is 8.73. The predicted octanol–water partition coefficient (Wildman–Crippen LogP) is 4.42. The van der Waals surface area contributed by atoms with Crippen LogP contribution >= 0.6 is 11.6 Å². The molecule has 0 radical (unpaired) electrons. The first-order chi connectivity index (χ1) is 7.58. The highest BCUT2D eigenvalue weighted by Crippen LogP contribution is 2.27. The molecular formula is C12H6ClF3. The Morgan fingerprint density at radius 1 is 0.812 bits per heavy atom. The van der Waals surface area contributed by atoms with Gasteiger partial charge in [-0.05, 0) is 35.9 Å². The van der Waals surface area contributed by atoms with Crippen LogP contribution < -0.4 is 0 Å². The zero-order valence-electron chi connectivity index (χ0n) is 7.98. The maximum Gasteiger partial charge on any atom is 0.141 e. The van der Waals surface area contributed by atoms with E-state index in [1.165, 1.54) is 12.1 Å². The van der Waals surface area contributed by atoms with Crippen molar-refractivity contribution in [3.8, 4) is 11.1 Å². The fraction of sp³-hybridized carbons (Fsp3) is 0. The monoisotopic (exact) mass is 242 g/mol. The van der Waals surface area contributed by atoms with E-state index >= 15 is 0 Å². The third-order valence-electron chi connectivity index (χ3n) is 2.16. The van der Waals surface area contributed by atoms with Gasteiger partial charge in [0.2, 0.25) is 0 Å². The number of benzene rings is 2. The molecule has 4 heteroatoms. The largest absolute Gasteiger partial charge is 0.207 e. The van der Waals surface area contributed by atoms with E-state index in [0.29, 0.717) is 5.56 Å². The Bertz CT molecular complexity index is 538. The Morgan fingerprint density at radius 3 is 2.19 bits per heavy atom. The Labute approximate surface area is 95.3 Å². The molecule has 0 aliphatic carbocycles. The second kappa shape index (κ2) is 4.18. The summed E-state index contributed by atoms with van der Waals surface area (Å²) < 4.78 is 39.2. The van der Waals surface area contributed by atoms with Gasteiger partial charge in [0.05, 0.1) is 5.02 Å². The van der Waals surface area contributed by atoms with Gasteiger partial charge in [-0.1, -0.05) is 17.7 Å². The Balaban J connectivity index is 2.58. The van der Waals surface area contributed by atoms with Crippen molar-refractivity contribution in [3.05, 3.63) is 58.9 Å². The Morgan fingerprint density at radius 2 is 1.50 bits per heavy atom. The minimum absolute atomic E-state index is 0.0573. The van der Waals surface area contributed by atoms with Crippen molar-refractivity contribution in [2.75, 3.05) is 0 Å². The summed E-state index contributed by atoms with van der Waals surface area (Å²) >= 11 is 5.56. The van der Waals surface area contributed by atoms with Gasteiger partial charge in [-0.15, -0.1) is 0 Å². The van der Waals surface area contributed by atoms with E-state index in [1.54, 1.807) is 0 Å². The summed E-state index contributed by atoms with van der Waals surface area (Å²) in [6.45, 7) is 0. The molecular weight excluding hydrogens is 237 g/mol. The first-order valence-electron chi connectivity index (χ1n) is 4.48. The highest BCUT2D eigenvalue weighted by atomic mass is 35.5. The van der Waals surface area contributed by atoms with Gasteiger partial charge in [-0.25, -0.2) is 13.2 Å². The van der Waals surface area contributed by atoms with E-state index in [9.17, 15) is 13.2 Å². The van der Waals surface area contributed by atoms with Gasteiger partial charge in [0, 0.05) is 5.56 Å². The summed E-state index contributed by atoms with van der Waals surface area (Å²) in [6.07, 6.45) is 0. The molecule has 2 aromatic rings. The first kappa shape index (κ1) is 11.0. The van der Waals surface area contributed by atoms with Crippen LogP contribution in [0, 0.1) is 17.5 Å². The molecule has 0 saturated carbocycles. The van der Waals surface area contributed by atoms with Gasteiger partial charge in [-0.3, -0.25) is 0 Å². The van der Waals surface area contributed by atoms with E-state index in [0.717, 1.165) is 24.3 Å². The van der Waals surface area contributed by atoms with E-state index in [2.05, 4.69) is 0 Å². The first-order valence-corrected chi connectivity index (χ1v) is 4.86. The molecule has 0 bridgehead atoms. The lowest BCUT2D eigenvalue weighted by molar-refractivity contribution is 0.603. The van der Waals surface area contributed by atoms with Gasteiger partial charge in [0.25, 0.3) is 0 Å². The number of hydrogen-bond acceptors (Lipinski definition) is 0. The van der Waals surface area contributed by atoms with Crippen LogP contribution in [0.3, 0.4) is 0 Å². The van der Waals surface area contributed by atoms with Gasteiger partial charge in [0.15, 0.2) is 0 Å². The van der Waals surface area contributed by atoms with Crippen molar-refractivity contribution in [3.63, 3.8) is 0 Å². The maximum absolute atomic E-state index is 13.4. The fourth-order valence-electron chi connectivity index (χ4n) is 1.38. The molecule has 0 aliphatic heterocycles. The van der Waals surface area contributed by atoms with Gasteiger partial charge in [-0.2, -0.15) is 0 Å². The van der Waals surface area contributed by atoms with Crippen LogP contribution in [-0.2, 0) is 0 Å². The molecule has 0 atom stereocenters. The fourth-order valence-corrected chi connectivity index (χ4v) is 1.56. The van der Waals surface area contributed by atoms with Crippen LogP contribution in [0.1, 0.15) is 0 Å². The molecule has 0 heterocycles. The van der Waals surface area contributed by atoms with E-state index in [-0.39, 0.29) is 10.6 Å².